The zero-order chi connectivity index (χ0) is 21.1. The van der Waals surface area contributed by atoms with E-state index in [9.17, 15) is 9.59 Å². The maximum absolute atomic E-state index is 12.6. The summed E-state index contributed by atoms with van der Waals surface area (Å²) in [5.41, 5.74) is 7.42. The summed E-state index contributed by atoms with van der Waals surface area (Å²) in [7, 11) is 3.01. The Balaban J connectivity index is 1.78. The molecule has 154 valence electrons. The molecule has 1 aliphatic rings. The summed E-state index contributed by atoms with van der Waals surface area (Å²) in [5.74, 6) is 0.625. The van der Waals surface area contributed by atoms with Gasteiger partial charge in [-0.3, -0.25) is 14.9 Å². The number of amides is 2. The zero-order valence-electron chi connectivity index (χ0n) is 16.5. The van der Waals surface area contributed by atoms with Crippen LogP contribution in [0.4, 0.5) is 5.00 Å². The Morgan fingerprint density at radius 2 is 1.86 bits per heavy atom. The van der Waals surface area contributed by atoms with Crippen molar-refractivity contribution in [3.63, 3.8) is 0 Å². The normalized spacial score (nSPS) is 15.2. The molecule has 0 saturated carbocycles. The molecular formula is C20H23N3O4S2. The highest BCUT2D eigenvalue weighted by Gasteiger charge is 2.27. The summed E-state index contributed by atoms with van der Waals surface area (Å²) in [6.45, 7) is 2.19. The van der Waals surface area contributed by atoms with Crippen molar-refractivity contribution in [3.8, 4) is 11.5 Å². The number of ether oxygens (including phenoxy) is 2. The van der Waals surface area contributed by atoms with Gasteiger partial charge in [-0.25, -0.2) is 0 Å². The first-order chi connectivity index (χ1) is 13.8. The number of hydrogen-bond donors (Lipinski definition) is 3. The molecule has 7 nitrogen and oxygen atoms in total. The van der Waals surface area contributed by atoms with E-state index in [1.54, 1.807) is 18.2 Å². The predicted octanol–water partition coefficient (Wildman–Crippen LogP) is 3.12. The molecule has 0 unspecified atom stereocenters. The number of fused-ring (bicyclic) bond motifs is 1. The Kier molecular flexibility index (Phi) is 6.39. The second-order valence-corrected chi connectivity index (χ2v) is 8.44. The van der Waals surface area contributed by atoms with Crippen molar-refractivity contribution in [2.45, 2.75) is 26.2 Å². The summed E-state index contributed by atoms with van der Waals surface area (Å²) in [6, 6.07) is 4.84. The largest absolute Gasteiger partial charge is 0.497 e. The van der Waals surface area contributed by atoms with Crippen molar-refractivity contribution >= 4 is 45.5 Å². The standard InChI is InChI=1S/C20H23N3O4S2/c1-10-4-5-14-15(6-10)29-19(16(14)17(21)24)23-20(28)22-18(25)11-7-12(26-2)9-13(8-11)27-3/h7-10H,4-6H2,1-3H3,(H2,21,24)(H2,22,23,25,28)/t10-/m1/s1. The van der Waals surface area contributed by atoms with E-state index in [2.05, 4.69) is 17.6 Å². The first-order valence-corrected chi connectivity index (χ1v) is 10.3. The van der Waals surface area contributed by atoms with Crippen LogP contribution in [0.5, 0.6) is 11.5 Å². The molecule has 29 heavy (non-hydrogen) atoms. The second kappa shape index (κ2) is 8.79. The van der Waals surface area contributed by atoms with Crippen LogP contribution in [0, 0.1) is 5.92 Å². The molecule has 9 heteroatoms. The van der Waals surface area contributed by atoms with Crippen molar-refractivity contribution in [1.82, 2.24) is 5.32 Å². The Hall–Kier alpha value is -2.65. The summed E-state index contributed by atoms with van der Waals surface area (Å²) < 4.78 is 10.4. The van der Waals surface area contributed by atoms with Crippen LogP contribution in [-0.2, 0) is 12.8 Å². The van der Waals surface area contributed by atoms with Crippen molar-refractivity contribution in [2.75, 3.05) is 19.5 Å². The summed E-state index contributed by atoms with van der Waals surface area (Å²) in [4.78, 5) is 25.8. The predicted molar refractivity (Wildman–Crippen MR) is 117 cm³/mol. The highest BCUT2D eigenvalue weighted by molar-refractivity contribution is 7.80. The molecule has 0 saturated heterocycles. The topological polar surface area (TPSA) is 103 Å². The number of methoxy groups -OCH3 is 2. The third-order valence-corrected chi connectivity index (χ3v) is 6.20. The summed E-state index contributed by atoms with van der Waals surface area (Å²) in [6.07, 6.45) is 2.74. The van der Waals surface area contributed by atoms with E-state index in [1.165, 1.54) is 25.6 Å². The van der Waals surface area contributed by atoms with Gasteiger partial charge in [-0.2, -0.15) is 0 Å². The van der Waals surface area contributed by atoms with Gasteiger partial charge in [0, 0.05) is 16.5 Å². The highest BCUT2D eigenvalue weighted by atomic mass is 32.1. The molecular weight excluding hydrogens is 410 g/mol. The van der Waals surface area contributed by atoms with E-state index < -0.39 is 11.8 Å². The minimum atomic E-state index is -0.494. The zero-order valence-corrected chi connectivity index (χ0v) is 18.1. The Bertz CT molecular complexity index is 949. The Morgan fingerprint density at radius 1 is 1.21 bits per heavy atom. The molecule has 0 spiro atoms. The highest BCUT2D eigenvalue weighted by Crippen LogP contribution is 2.39. The first kappa shape index (κ1) is 21.1. The lowest BCUT2D eigenvalue weighted by Gasteiger charge is -2.18. The maximum atomic E-state index is 12.6. The van der Waals surface area contributed by atoms with E-state index in [4.69, 9.17) is 27.4 Å². The van der Waals surface area contributed by atoms with Crippen LogP contribution in [0.3, 0.4) is 0 Å². The number of anilines is 1. The lowest BCUT2D eigenvalue weighted by atomic mass is 9.88. The van der Waals surface area contributed by atoms with Crippen LogP contribution in [0.2, 0.25) is 0 Å². The van der Waals surface area contributed by atoms with Crippen LogP contribution in [-0.4, -0.2) is 31.1 Å². The van der Waals surface area contributed by atoms with E-state index >= 15 is 0 Å². The molecule has 0 bridgehead atoms. The molecule has 0 radical (unpaired) electrons. The van der Waals surface area contributed by atoms with Gasteiger partial charge in [-0.1, -0.05) is 6.92 Å². The average Bonchev–Trinajstić information content (AvgIpc) is 3.03. The smallest absolute Gasteiger partial charge is 0.257 e. The van der Waals surface area contributed by atoms with Crippen molar-refractivity contribution in [1.29, 1.82) is 0 Å². The minimum Gasteiger partial charge on any atom is -0.497 e. The summed E-state index contributed by atoms with van der Waals surface area (Å²) >= 11 is 6.76. The SMILES string of the molecule is COc1cc(OC)cc(C(=O)NC(=S)Nc2sc3c(c2C(N)=O)CC[C@@H](C)C3)c1. The van der Waals surface area contributed by atoms with Gasteiger partial charge in [0.15, 0.2) is 5.11 Å². The van der Waals surface area contributed by atoms with Crippen LogP contribution < -0.4 is 25.8 Å². The molecule has 1 atom stereocenters. The van der Waals surface area contributed by atoms with E-state index in [1.807, 2.05) is 0 Å². The molecule has 4 N–H and O–H groups in total. The van der Waals surface area contributed by atoms with Crippen molar-refractivity contribution in [3.05, 3.63) is 39.8 Å². The number of nitrogens with one attached hydrogen (secondary N) is 2. The van der Waals surface area contributed by atoms with Crippen LogP contribution in [0.25, 0.3) is 0 Å². The van der Waals surface area contributed by atoms with Gasteiger partial charge < -0.3 is 20.5 Å². The summed E-state index contributed by atoms with van der Waals surface area (Å²) in [5, 5.41) is 6.27. The number of benzene rings is 1. The molecule has 1 aromatic heterocycles. The van der Waals surface area contributed by atoms with Gasteiger partial charge in [-0.15, -0.1) is 11.3 Å². The quantitative estimate of drug-likeness (QED) is 0.626. The van der Waals surface area contributed by atoms with E-state index in [0.717, 1.165) is 29.7 Å². The molecule has 1 heterocycles. The fraction of sp³-hybridized carbons (Fsp3) is 0.350. The molecule has 3 rings (SSSR count). The van der Waals surface area contributed by atoms with Crippen molar-refractivity contribution < 1.29 is 19.1 Å². The number of carbonyl (C=O) groups excluding carboxylic acids is 2. The van der Waals surface area contributed by atoms with Crippen LogP contribution in [0.1, 0.15) is 44.5 Å². The minimum absolute atomic E-state index is 0.0888. The molecule has 1 aromatic carbocycles. The third-order valence-electron chi connectivity index (χ3n) is 4.83. The van der Waals surface area contributed by atoms with E-state index in [0.29, 0.717) is 33.5 Å². The van der Waals surface area contributed by atoms with Crippen LogP contribution in [0.15, 0.2) is 18.2 Å². The molecule has 2 amide bonds. The van der Waals surface area contributed by atoms with Gasteiger partial charge in [0.05, 0.1) is 19.8 Å². The molecule has 1 aliphatic carbocycles. The van der Waals surface area contributed by atoms with Gasteiger partial charge in [0.25, 0.3) is 11.8 Å². The Labute approximate surface area is 178 Å². The monoisotopic (exact) mass is 433 g/mol. The van der Waals surface area contributed by atoms with Crippen molar-refractivity contribution in [2.24, 2.45) is 11.7 Å². The Morgan fingerprint density at radius 3 is 2.45 bits per heavy atom. The van der Waals surface area contributed by atoms with Gasteiger partial charge >= 0.3 is 0 Å². The number of carbonyl (C=O) groups is 2. The number of nitrogens with two attached hydrogens (primary N) is 1. The number of primary amides is 1. The lowest BCUT2D eigenvalue weighted by molar-refractivity contribution is 0.0975. The van der Waals surface area contributed by atoms with Gasteiger partial charge in [-0.05, 0) is 55.1 Å². The second-order valence-electron chi connectivity index (χ2n) is 6.93. The lowest BCUT2D eigenvalue weighted by Crippen LogP contribution is -2.34. The fourth-order valence-corrected chi connectivity index (χ4v) is 5.03. The third kappa shape index (κ3) is 4.68. The molecule has 0 fully saturated rings. The van der Waals surface area contributed by atoms with Gasteiger partial charge in [0.2, 0.25) is 0 Å². The number of rotatable bonds is 5. The van der Waals surface area contributed by atoms with Gasteiger partial charge in [0.1, 0.15) is 16.5 Å². The number of hydrogen-bond acceptors (Lipinski definition) is 6. The number of thiocarbonyl (C=S) groups is 1. The fourth-order valence-electron chi connectivity index (χ4n) is 3.35. The maximum Gasteiger partial charge on any atom is 0.257 e. The van der Waals surface area contributed by atoms with E-state index in [-0.39, 0.29) is 5.11 Å². The van der Waals surface area contributed by atoms with Crippen LogP contribution >= 0.6 is 23.6 Å². The first-order valence-electron chi connectivity index (χ1n) is 9.12. The molecule has 2 aromatic rings. The molecule has 0 aliphatic heterocycles. The average molecular weight is 434 g/mol. The number of thiophene rings is 1.